The summed E-state index contributed by atoms with van der Waals surface area (Å²) in [6.45, 7) is 1.77. The minimum atomic E-state index is -0.633. The maximum Gasteiger partial charge on any atom is 0.287 e. The second-order valence-corrected chi connectivity index (χ2v) is 6.78. The fourth-order valence-electron chi connectivity index (χ4n) is 3.12. The van der Waals surface area contributed by atoms with Gasteiger partial charge >= 0.3 is 0 Å². The van der Waals surface area contributed by atoms with E-state index in [1.807, 2.05) is 13.0 Å². The maximum absolute atomic E-state index is 12.6. The predicted octanol–water partition coefficient (Wildman–Crippen LogP) is 1.66. The highest BCUT2D eigenvalue weighted by Gasteiger charge is 2.18. The van der Waals surface area contributed by atoms with Crippen LogP contribution in [0, 0.1) is 17.0 Å². The maximum atomic E-state index is 12.6. The molecule has 3 heterocycles. The van der Waals surface area contributed by atoms with Gasteiger partial charge in [0.1, 0.15) is 5.02 Å². The van der Waals surface area contributed by atoms with Crippen molar-refractivity contribution in [3.63, 3.8) is 0 Å². The van der Waals surface area contributed by atoms with E-state index in [0.717, 1.165) is 22.4 Å². The molecule has 1 aromatic carbocycles. The number of fused-ring (bicyclic) bond motifs is 3. The highest BCUT2D eigenvalue weighted by atomic mass is 35.5. The number of halogens is 1. The molecule has 0 saturated carbocycles. The van der Waals surface area contributed by atoms with E-state index in [1.54, 1.807) is 23.6 Å². The predicted molar refractivity (Wildman–Crippen MR) is 102 cm³/mol. The molecular formula is C17H13ClN6O4. The van der Waals surface area contributed by atoms with Crippen molar-refractivity contribution in [3.8, 4) is 0 Å². The van der Waals surface area contributed by atoms with Gasteiger partial charge in [-0.25, -0.2) is 0 Å². The Morgan fingerprint density at radius 1 is 1.18 bits per heavy atom. The Morgan fingerprint density at radius 2 is 1.93 bits per heavy atom. The standard InChI is InChI=1S/C17H13ClN6O4/c1-9-3-4-13-11(5-9)15(25)21(2)17-20-19-14(23(13)17)8-22-7-10(24(27)28)6-12(18)16(22)26/h3-7H,8H2,1-2H3. The van der Waals surface area contributed by atoms with E-state index in [2.05, 4.69) is 10.2 Å². The molecule has 0 saturated heterocycles. The molecule has 0 atom stereocenters. The quantitative estimate of drug-likeness (QED) is 0.381. The van der Waals surface area contributed by atoms with E-state index in [4.69, 9.17) is 11.6 Å². The first kappa shape index (κ1) is 17.9. The van der Waals surface area contributed by atoms with Crippen molar-refractivity contribution in [2.75, 3.05) is 0 Å². The number of hydrogen-bond acceptors (Lipinski definition) is 6. The van der Waals surface area contributed by atoms with Crippen molar-refractivity contribution in [2.45, 2.75) is 13.5 Å². The lowest BCUT2D eigenvalue weighted by Crippen LogP contribution is -2.23. The van der Waals surface area contributed by atoms with Crippen LogP contribution in [0.2, 0.25) is 5.02 Å². The molecule has 0 unspecified atom stereocenters. The highest BCUT2D eigenvalue weighted by molar-refractivity contribution is 6.30. The highest BCUT2D eigenvalue weighted by Crippen LogP contribution is 2.18. The molecular weight excluding hydrogens is 388 g/mol. The smallest absolute Gasteiger partial charge is 0.287 e. The first-order chi connectivity index (χ1) is 13.3. The summed E-state index contributed by atoms with van der Waals surface area (Å²) < 4.78 is 4.11. The van der Waals surface area contributed by atoms with Gasteiger partial charge in [-0.2, -0.15) is 0 Å². The lowest BCUT2D eigenvalue weighted by atomic mass is 10.1. The van der Waals surface area contributed by atoms with Crippen LogP contribution in [0.25, 0.3) is 16.7 Å². The molecule has 142 valence electrons. The lowest BCUT2D eigenvalue weighted by molar-refractivity contribution is -0.385. The zero-order valence-corrected chi connectivity index (χ0v) is 15.5. The van der Waals surface area contributed by atoms with E-state index in [0.29, 0.717) is 22.5 Å². The van der Waals surface area contributed by atoms with Crippen LogP contribution in [-0.4, -0.2) is 28.7 Å². The first-order valence-corrected chi connectivity index (χ1v) is 8.53. The molecule has 0 amide bonds. The fourth-order valence-corrected chi connectivity index (χ4v) is 3.34. The average molecular weight is 401 g/mol. The van der Waals surface area contributed by atoms with Crippen molar-refractivity contribution in [1.82, 2.24) is 23.7 Å². The summed E-state index contributed by atoms with van der Waals surface area (Å²) in [5.74, 6) is 0.624. The lowest BCUT2D eigenvalue weighted by Gasteiger charge is -2.09. The molecule has 0 bridgehead atoms. The van der Waals surface area contributed by atoms with Gasteiger partial charge < -0.3 is 0 Å². The molecule has 11 heteroatoms. The van der Waals surface area contributed by atoms with Gasteiger partial charge in [0, 0.05) is 13.1 Å². The Labute approximate surface area is 161 Å². The Morgan fingerprint density at radius 3 is 2.64 bits per heavy atom. The van der Waals surface area contributed by atoms with Crippen LogP contribution in [0.15, 0.2) is 40.1 Å². The molecule has 0 aliphatic rings. The monoisotopic (exact) mass is 400 g/mol. The van der Waals surface area contributed by atoms with Crippen molar-refractivity contribution in [3.05, 3.63) is 77.7 Å². The first-order valence-electron chi connectivity index (χ1n) is 8.15. The normalized spacial score (nSPS) is 11.4. The average Bonchev–Trinajstić information content (AvgIpc) is 3.07. The Bertz CT molecular complexity index is 1400. The number of benzene rings is 1. The van der Waals surface area contributed by atoms with Crippen LogP contribution in [0.4, 0.5) is 5.69 Å². The number of aryl methyl sites for hydroxylation is 2. The summed E-state index contributed by atoms with van der Waals surface area (Å²) in [5.41, 5.74) is 0.370. The second-order valence-electron chi connectivity index (χ2n) is 6.37. The molecule has 0 aliphatic heterocycles. The van der Waals surface area contributed by atoms with E-state index in [1.165, 1.54) is 4.57 Å². The van der Waals surface area contributed by atoms with Crippen LogP contribution in [0.1, 0.15) is 11.4 Å². The van der Waals surface area contributed by atoms with Crippen molar-refractivity contribution in [1.29, 1.82) is 0 Å². The van der Waals surface area contributed by atoms with Gasteiger partial charge in [-0.15, -0.1) is 10.2 Å². The molecule has 4 rings (SSSR count). The van der Waals surface area contributed by atoms with Crippen molar-refractivity contribution >= 4 is 34.0 Å². The largest absolute Gasteiger partial charge is 0.300 e. The summed E-state index contributed by atoms with van der Waals surface area (Å²) >= 11 is 5.85. The van der Waals surface area contributed by atoms with Gasteiger partial charge in [-0.3, -0.25) is 33.2 Å². The number of hydrogen-bond donors (Lipinski definition) is 0. The number of rotatable bonds is 3. The van der Waals surface area contributed by atoms with Crippen LogP contribution in [0.5, 0.6) is 0 Å². The zero-order valence-electron chi connectivity index (χ0n) is 14.8. The molecule has 0 radical (unpaired) electrons. The van der Waals surface area contributed by atoms with Crippen LogP contribution >= 0.6 is 11.6 Å². The summed E-state index contributed by atoms with van der Waals surface area (Å²) in [4.78, 5) is 35.4. The Hall–Kier alpha value is -3.53. The summed E-state index contributed by atoms with van der Waals surface area (Å²) in [5, 5.41) is 19.4. The molecule has 0 N–H and O–H groups in total. The third-order valence-electron chi connectivity index (χ3n) is 4.49. The summed E-state index contributed by atoms with van der Waals surface area (Å²) in [6.07, 6.45) is 1.10. The number of pyridine rings is 1. The topological polar surface area (TPSA) is 117 Å². The number of nitrogens with zero attached hydrogens (tertiary/aromatic N) is 6. The molecule has 0 spiro atoms. The molecule has 28 heavy (non-hydrogen) atoms. The minimum absolute atomic E-state index is 0.109. The van der Waals surface area contributed by atoms with Crippen LogP contribution < -0.4 is 11.1 Å². The van der Waals surface area contributed by atoms with Crippen LogP contribution in [-0.2, 0) is 13.6 Å². The van der Waals surface area contributed by atoms with Gasteiger partial charge in [0.25, 0.3) is 16.8 Å². The number of aromatic nitrogens is 5. The Balaban J connectivity index is 2.00. The van der Waals surface area contributed by atoms with Gasteiger partial charge in [-0.1, -0.05) is 23.2 Å². The molecule has 0 aliphatic carbocycles. The van der Waals surface area contributed by atoms with Crippen molar-refractivity contribution < 1.29 is 4.92 Å². The molecule has 3 aromatic heterocycles. The third kappa shape index (κ3) is 2.65. The van der Waals surface area contributed by atoms with Gasteiger partial charge in [0.05, 0.1) is 28.6 Å². The second kappa shape index (κ2) is 6.27. The van der Waals surface area contributed by atoms with E-state index >= 15 is 0 Å². The van der Waals surface area contributed by atoms with Gasteiger partial charge in [-0.05, 0) is 19.1 Å². The SMILES string of the molecule is Cc1ccc2c(c1)c(=O)n(C)c1nnc(Cn3cc([N+](=O)[O-])cc(Cl)c3=O)n21. The molecule has 10 nitrogen and oxygen atoms in total. The van der Waals surface area contributed by atoms with Crippen molar-refractivity contribution in [2.24, 2.45) is 7.05 Å². The van der Waals surface area contributed by atoms with E-state index in [-0.39, 0.29) is 22.8 Å². The van der Waals surface area contributed by atoms with E-state index in [9.17, 15) is 19.7 Å². The van der Waals surface area contributed by atoms with Crippen LogP contribution in [0.3, 0.4) is 0 Å². The Kier molecular flexibility index (Phi) is 4.00. The van der Waals surface area contributed by atoms with E-state index < -0.39 is 10.5 Å². The summed E-state index contributed by atoms with van der Waals surface area (Å²) in [6, 6.07) is 6.39. The van der Waals surface area contributed by atoms with Gasteiger partial charge in [0.2, 0.25) is 5.78 Å². The minimum Gasteiger partial charge on any atom is -0.300 e. The summed E-state index contributed by atoms with van der Waals surface area (Å²) in [7, 11) is 1.58. The van der Waals surface area contributed by atoms with Gasteiger partial charge in [0.15, 0.2) is 5.82 Å². The molecule has 0 fully saturated rings. The number of nitro groups is 1. The fraction of sp³-hybridized carbons (Fsp3) is 0.176. The zero-order chi connectivity index (χ0) is 20.2. The third-order valence-corrected chi connectivity index (χ3v) is 4.76. The molecule has 4 aromatic rings.